The molecule has 0 amide bonds. The maximum absolute atomic E-state index is 12.8. The van der Waals surface area contributed by atoms with E-state index in [4.69, 9.17) is 18.5 Å². The Morgan fingerprint density at radius 2 is 0.722 bits per heavy atom. The van der Waals surface area contributed by atoms with Crippen LogP contribution in [0.15, 0.2) is 134 Å². The first kappa shape index (κ1) is 75.2. The van der Waals surface area contributed by atoms with Gasteiger partial charge in [-0.25, -0.2) is 0 Å². The lowest BCUT2D eigenvalue weighted by Gasteiger charge is -2.28. The molecule has 2 atom stereocenters. The van der Waals surface area contributed by atoms with Gasteiger partial charge in [0.15, 0.2) is 6.10 Å². The normalized spacial score (nSPS) is 14.2. The lowest BCUT2D eigenvalue weighted by molar-refractivity contribution is -0.870. The summed E-state index contributed by atoms with van der Waals surface area (Å²) in [5, 5.41) is 0. The molecule has 0 aromatic rings. The summed E-state index contributed by atoms with van der Waals surface area (Å²) in [6.07, 6.45) is 85.2. The van der Waals surface area contributed by atoms with Crippen molar-refractivity contribution in [3.63, 3.8) is 0 Å². The molecule has 0 bridgehead atoms. The molecule has 450 valence electrons. The van der Waals surface area contributed by atoms with E-state index >= 15 is 0 Å². The number of ether oxygens (including phenoxy) is 2. The Labute approximate surface area is 485 Å². The van der Waals surface area contributed by atoms with Crippen molar-refractivity contribution in [2.75, 3.05) is 47.5 Å². The van der Waals surface area contributed by atoms with E-state index in [1.54, 1.807) is 0 Å². The molecule has 0 saturated carbocycles. The summed E-state index contributed by atoms with van der Waals surface area (Å²) in [7, 11) is 1.14. The summed E-state index contributed by atoms with van der Waals surface area (Å²) in [4.78, 5) is 37.8. The Morgan fingerprint density at radius 3 is 1.08 bits per heavy atom. The monoisotopic (exact) mass is 1120 g/mol. The minimum atomic E-state index is -4.64. The number of phosphoric ester groups is 1. The number of quaternary nitrogens is 1. The summed E-state index contributed by atoms with van der Waals surface area (Å²) >= 11 is 0. The summed E-state index contributed by atoms with van der Waals surface area (Å²) in [5.74, 6) is -0.856. The summed E-state index contributed by atoms with van der Waals surface area (Å²) in [6.45, 7) is 4.05. The van der Waals surface area contributed by atoms with E-state index in [2.05, 4.69) is 148 Å². The van der Waals surface area contributed by atoms with E-state index in [-0.39, 0.29) is 26.1 Å². The first-order valence-corrected chi connectivity index (χ1v) is 32.9. The Kier molecular flexibility index (Phi) is 55.9. The molecule has 0 aromatic heterocycles. The molecular formula is C69H116NO8P. The smallest absolute Gasteiger partial charge is 0.306 e. The van der Waals surface area contributed by atoms with Gasteiger partial charge in [-0.3, -0.25) is 14.2 Å². The van der Waals surface area contributed by atoms with Gasteiger partial charge in [0.05, 0.1) is 27.7 Å². The number of likely N-dealkylation sites (N-methyl/N-ethyl adjacent to an activating group) is 1. The molecule has 10 heteroatoms. The molecule has 0 spiro atoms. The van der Waals surface area contributed by atoms with Gasteiger partial charge in [0.2, 0.25) is 0 Å². The molecule has 0 heterocycles. The highest BCUT2D eigenvalue weighted by Gasteiger charge is 2.22. The number of esters is 2. The van der Waals surface area contributed by atoms with Crippen LogP contribution in [0.3, 0.4) is 0 Å². The van der Waals surface area contributed by atoms with E-state index in [0.29, 0.717) is 23.9 Å². The van der Waals surface area contributed by atoms with Gasteiger partial charge in [-0.2, -0.15) is 0 Å². The van der Waals surface area contributed by atoms with Crippen LogP contribution in [0.25, 0.3) is 0 Å². The Balaban J connectivity index is 4.04. The van der Waals surface area contributed by atoms with Crippen molar-refractivity contribution in [1.29, 1.82) is 0 Å². The number of hydrogen-bond acceptors (Lipinski definition) is 8. The third-order valence-corrected chi connectivity index (χ3v) is 13.9. The van der Waals surface area contributed by atoms with Crippen LogP contribution in [0, 0.1) is 0 Å². The zero-order valence-corrected chi connectivity index (χ0v) is 51.9. The highest BCUT2D eigenvalue weighted by Crippen LogP contribution is 2.38. The van der Waals surface area contributed by atoms with Crippen molar-refractivity contribution in [2.45, 2.75) is 245 Å². The molecule has 0 radical (unpaired) electrons. The molecule has 0 aliphatic carbocycles. The van der Waals surface area contributed by atoms with Gasteiger partial charge in [-0.05, 0) is 109 Å². The van der Waals surface area contributed by atoms with Gasteiger partial charge in [0.1, 0.15) is 19.8 Å². The SMILES string of the molecule is CC/C=C\C/C=C\C/C=C\C/C=C\C/C=C\C/C=C\C/C=C\C/C=C\C/C=C\CCCCCCCCCCCCCCCC(=O)OC(COC(=O)CCCCCCC/C=C\C/C=C\CCCC)COP(=O)([O-])OCC[N+](C)(C)C. The molecule has 0 rings (SSSR count). The molecule has 79 heavy (non-hydrogen) atoms. The van der Waals surface area contributed by atoms with Crippen LogP contribution in [-0.4, -0.2) is 70.0 Å². The number of hydrogen-bond donors (Lipinski definition) is 0. The van der Waals surface area contributed by atoms with Crippen molar-refractivity contribution in [3.05, 3.63) is 134 Å². The molecule has 0 aliphatic heterocycles. The fourth-order valence-electron chi connectivity index (χ4n) is 8.08. The van der Waals surface area contributed by atoms with Gasteiger partial charge in [-0.1, -0.05) is 250 Å². The maximum Gasteiger partial charge on any atom is 0.306 e. The largest absolute Gasteiger partial charge is 0.756 e. The second-order valence-electron chi connectivity index (χ2n) is 21.7. The van der Waals surface area contributed by atoms with Gasteiger partial charge < -0.3 is 27.9 Å². The van der Waals surface area contributed by atoms with Gasteiger partial charge >= 0.3 is 11.9 Å². The number of phosphoric acid groups is 1. The second-order valence-corrected chi connectivity index (χ2v) is 23.1. The van der Waals surface area contributed by atoms with Crippen LogP contribution >= 0.6 is 7.82 Å². The molecule has 0 saturated heterocycles. The predicted molar refractivity (Wildman–Crippen MR) is 337 cm³/mol. The number of rotatable bonds is 56. The van der Waals surface area contributed by atoms with Crippen molar-refractivity contribution < 1.29 is 42.1 Å². The quantitative estimate of drug-likeness (QED) is 0.0195. The number of carbonyl (C=O) groups is 2. The summed E-state index contributed by atoms with van der Waals surface area (Å²) in [5.41, 5.74) is 0. The second kappa shape index (κ2) is 58.8. The van der Waals surface area contributed by atoms with Gasteiger partial charge in [0.25, 0.3) is 7.82 Å². The van der Waals surface area contributed by atoms with E-state index in [1.807, 2.05) is 21.1 Å². The molecule has 0 N–H and O–H groups in total. The van der Waals surface area contributed by atoms with Crippen LogP contribution < -0.4 is 4.89 Å². The topological polar surface area (TPSA) is 111 Å². The fraction of sp³-hybridized carbons (Fsp3) is 0.652. The average Bonchev–Trinajstić information content (AvgIpc) is 3.41. The number of unbranched alkanes of at least 4 members (excludes halogenated alkanes) is 20. The van der Waals surface area contributed by atoms with Crippen molar-refractivity contribution in [3.8, 4) is 0 Å². The number of allylic oxidation sites excluding steroid dienone is 22. The zero-order chi connectivity index (χ0) is 57.7. The third kappa shape index (κ3) is 63.2. The van der Waals surface area contributed by atoms with E-state index < -0.39 is 32.5 Å². The lowest BCUT2D eigenvalue weighted by Crippen LogP contribution is -2.37. The average molecular weight is 1120 g/mol. The molecule has 0 aromatic carbocycles. The van der Waals surface area contributed by atoms with Crippen LogP contribution in [0.1, 0.15) is 239 Å². The van der Waals surface area contributed by atoms with Crippen LogP contribution in [0.2, 0.25) is 0 Å². The minimum Gasteiger partial charge on any atom is -0.756 e. The fourth-order valence-corrected chi connectivity index (χ4v) is 8.81. The summed E-state index contributed by atoms with van der Waals surface area (Å²) < 4.78 is 34.1. The Bertz CT molecular complexity index is 1790. The first-order chi connectivity index (χ1) is 38.5. The first-order valence-electron chi connectivity index (χ1n) is 31.4. The highest BCUT2D eigenvalue weighted by atomic mass is 31.2. The van der Waals surface area contributed by atoms with Crippen LogP contribution in [0.5, 0.6) is 0 Å². The highest BCUT2D eigenvalue weighted by molar-refractivity contribution is 7.45. The van der Waals surface area contributed by atoms with Crippen LogP contribution in [0.4, 0.5) is 0 Å². The molecule has 0 aliphatic rings. The lowest BCUT2D eigenvalue weighted by atomic mass is 10.0. The Hall–Kier alpha value is -3.85. The molecule has 2 unspecified atom stereocenters. The Morgan fingerprint density at radius 1 is 0.405 bits per heavy atom. The standard InChI is InChI=1S/C69H116NO8P/c1-6-8-10-12-14-16-18-20-22-23-24-25-26-27-28-29-30-31-32-33-34-35-36-37-38-39-40-41-42-43-44-45-46-47-48-50-52-54-56-58-60-62-69(72)78-67(66-77-79(73,74)76-64-63-70(3,4)5)65-75-68(71)61-59-57-55-53-51-49-21-19-17-15-13-11-9-7-2/h8,10,13-16,19-22,24-25,27-28,30-31,33-34,36-37,39-40,67H,6-7,9,11-12,17-18,23,26,29,32,35,38,41-66H2,1-5H3/b10-8-,15-13-,16-14-,21-19-,22-20-,25-24-,28-27-,31-30-,34-33-,37-36-,40-39-. The van der Waals surface area contributed by atoms with E-state index in [9.17, 15) is 19.0 Å². The van der Waals surface area contributed by atoms with Crippen molar-refractivity contribution >= 4 is 19.8 Å². The maximum atomic E-state index is 12.8. The third-order valence-electron chi connectivity index (χ3n) is 12.9. The van der Waals surface area contributed by atoms with E-state index in [0.717, 1.165) is 122 Å². The molecular weight excluding hydrogens is 1000 g/mol. The zero-order valence-electron chi connectivity index (χ0n) is 51.0. The van der Waals surface area contributed by atoms with Gasteiger partial charge in [0, 0.05) is 12.8 Å². The number of carbonyl (C=O) groups excluding carboxylic acids is 2. The van der Waals surface area contributed by atoms with Gasteiger partial charge in [-0.15, -0.1) is 0 Å². The summed E-state index contributed by atoms with van der Waals surface area (Å²) in [6, 6.07) is 0. The van der Waals surface area contributed by atoms with E-state index in [1.165, 1.54) is 77.0 Å². The van der Waals surface area contributed by atoms with Crippen molar-refractivity contribution in [2.24, 2.45) is 0 Å². The molecule has 0 fully saturated rings. The van der Waals surface area contributed by atoms with Crippen molar-refractivity contribution in [1.82, 2.24) is 0 Å². The predicted octanol–water partition coefficient (Wildman–Crippen LogP) is 19.5. The molecule has 9 nitrogen and oxygen atoms in total. The minimum absolute atomic E-state index is 0.0386. The number of nitrogens with zero attached hydrogens (tertiary/aromatic N) is 1. The van der Waals surface area contributed by atoms with Crippen LogP contribution in [-0.2, 0) is 32.7 Å².